The Bertz CT molecular complexity index is 1460. The molecule has 0 N–H and O–H groups in total. The van der Waals surface area contributed by atoms with E-state index in [4.69, 9.17) is 9.47 Å². The summed E-state index contributed by atoms with van der Waals surface area (Å²) in [5.41, 5.74) is -1.59. The number of ether oxygens (including phenoxy) is 2. The second-order valence-electron chi connectivity index (χ2n) is 9.97. The van der Waals surface area contributed by atoms with E-state index in [0.717, 1.165) is 12.3 Å². The highest BCUT2D eigenvalue weighted by Gasteiger charge is 2.49. The summed E-state index contributed by atoms with van der Waals surface area (Å²) >= 11 is 0. The Morgan fingerprint density at radius 1 is 1.11 bits per heavy atom. The van der Waals surface area contributed by atoms with Crippen molar-refractivity contribution in [2.75, 3.05) is 13.7 Å². The van der Waals surface area contributed by atoms with Crippen LogP contribution in [0.1, 0.15) is 60.3 Å². The van der Waals surface area contributed by atoms with Crippen molar-refractivity contribution in [2.24, 2.45) is 0 Å². The molecule has 1 fully saturated rings. The lowest BCUT2D eigenvalue weighted by Crippen LogP contribution is -2.51. The van der Waals surface area contributed by atoms with Crippen LogP contribution in [0.3, 0.4) is 0 Å². The van der Waals surface area contributed by atoms with E-state index >= 15 is 4.39 Å². The number of fused-ring (bicyclic) bond motifs is 2. The first kappa shape index (κ1) is 25.7. The molecule has 1 amide bonds. The van der Waals surface area contributed by atoms with E-state index in [1.165, 1.54) is 37.8 Å². The molecule has 0 saturated carbocycles. The number of aromatic nitrogens is 2. The zero-order valence-corrected chi connectivity index (χ0v) is 21.2. The molecule has 0 spiro atoms. The Kier molecular flexibility index (Phi) is 6.60. The number of carbonyl (C=O) groups excluding carboxylic acids is 2. The maximum atomic E-state index is 15.4. The highest BCUT2D eigenvalue weighted by molar-refractivity contribution is 5.97. The topological polar surface area (TPSA) is 90.7 Å². The molecule has 3 atom stereocenters. The highest BCUT2D eigenvalue weighted by Crippen LogP contribution is 2.46. The summed E-state index contributed by atoms with van der Waals surface area (Å²) in [4.78, 5) is 41.1. The van der Waals surface area contributed by atoms with Crippen molar-refractivity contribution in [1.82, 2.24) is 14.7 Å². The van der Waals surface area contributed by atoms with E-state index in [-0.39, 0.29) is 11.3 Å². The lowest BCUT2D eigenvalue weighted by atomic mass is 9.79. The highest BCUT2D eigenvalue weighted by atomic mass is 19.2. The molecule has 3 heterocycles. The van der Waals surface area contributed by atoms with Crippen LogP contribution in [0.25, 0.3) is 0 Å². The Morgan fingerprint density at radius 2 is 1.84 bits per heavy atom. The Morgan fingerprint density at radius 3 is 2.55 bits per heavy atom. The van der Waals surface area contributed by atoms with Gasteiger partial charge in [0.05, 0.1) is 18.3 Å². The number of hydrogen-bond donors (Lipinski definition) is 0. The molecule has 38 heavy (non-hydrogen) atoms. The monoisotopic (exact) mass is 523 g/mol. The smallest absolute Gasteiger partial charge is 0.343 e. The van der Waals surface area contributed by atoms with Crippen LogP contribution in [0, 0.1) is 11.6 Å². The van der Waals surface area contributed by atoms with Gasteiger partial charge in [0.25, 0.3) is 5.91 Å². The second kappa shape index (κ2) is 9.75. The van der Waals surface area contributed by atoms with Gasteiger partial charge in [-0.05, 0) is 38.3 Å². The van der Waals surface area contributed by atoms with Gasteiger partial charge >= 0.3 is 5.97 Å². The van der Waals surface area contributed by atoms with E-state index in [9.17, 15) is 18.8 Å². The van der Waals surface area contributed by atoms with E-state index in [2.05, 4.69) is 5.10 Å². The maximum Gasteiger partial charge on any atom is 0.343 e. The minimum absolute atomic E-state index is 0.0907. The zero-order valence-electron chi connectivity index (χ0n) is 21.2. The normalized spacial score (nSPS) is 19.6. The maximum absolute atomic E-state index is 15.4. The Balaban J connectivity index is 1.76. The number of hydrogen-bond acceptors (Lipinski definition) is 6. The molecule has 3 aromatic rings. The lowest BCUT2D eigenvalue weighted by molar-refractivity contribution is -0.155. The summed E-state index contributed by atoms with van der Waals surface area (Å²) in [5, 5.41) is 4.30. The second-order valence-corrected chi connectivity index (χ2v) is 9.97. The first-order valence-electron chi connectivity index (χ1n) is 12.3. The van der Waals surface area contributed by atoms with Crippen molar-refractivity contribution in [2.45, 2.75) is 50.3 Å². The number of rotatable bonds is 6. The first-order valence-corrected chi connectivity index (χ1v) is 12.3. The third-order valence-corrected chi connectivity index (χ3v) is 7.42. The number of halogens is 2. The number of carbonyl (C=O) groups is 2. The predicted molar refractivity (Wildman–Crippen MR) is 133 cm³/mol. The molecule has 8 nitrogen and oxygen atoms in total. The van der Waals surface area contributed by atoms with Crippen LogP contribution in [0.2, 0.25) is 0 Å². The standard InChI is InChI=1S/C28H27F2N3O5/c1-28(2,37-3)27(36)38-25-20(34)15-31-33-23(19-13-8-14-32(19)26(35)24(25)33)21(16-9-5-4-6-10-16)17-11-7-12-18(29)22(17)30/h4-7,9-12,15,19,21,23H,8,13-14H2,1-3H3/t19-,21?,23-/m1/s1. The van der Waals surface area contributed by atoms with Gasteiger partial charge in [0.2, 0.25) is 11.2 Å². The first-order chi connectivity index (χ1) is 18.2. The minimum atomic E-state index is -1.39. The summed E-state index contributed by atoms with van der Waals surface area (Å²) < 4.78 is 41.8. The third-order valence-electron chi connectivity index (χ3n) is 7.42. The van der Waals surface area contributed by atoms with E-state index in [1.54, 1.807) is 29.2 Å². The number of amides is 1. The van der Waals surface area contributed by atoms with Gasteiger partial charge in [-0.3, -0.25) is 9.59 Å². The average Bonchev–Trinajstić information content (AvgIpc) is 3.40. The molecule has 1 unspecified atom stereocenters. The SMILES string of the molecule is COC(C)(C)C(=O)Oc1c2n(ncc1=O)[C@@H](C(c1ccccc1)c1cccc(F)c1F)[C@H]1CCCN1C2=O. The summed E-state index contributed by atoms with van der Waals surface area (Å²) in [6, 6.07) is 11.8. The van der Waals surface area contributed by atoms with Crippen molar-refractivity contribution in [3.05, 3.63) is 93.4 Å². The van der Waals surface area contributed by atoms with Gasteiger partial charge < -0.3 is 14.4 Å². The largest absolute Gasteiger partial charge is 0.418 e. The van der Waals surface area contributed by atoms with Crippen LogP contribution in [-0.4, -0.2) is 51.9 Å². The van der Waals surface area contributed by atoms with Crippen molar-refractivity contribution >= 4 is 11.9 Å². The van der Waals surface area contributed by atoms with E-state index in [0.29, 0.717) is 24.9 Å². The summed E-state index contributed by atoms with van der Waals surface area (Å²) in [5.74, 6) is -4.63. The third kappa shape index (κ3) is 4.18. The molecule has 0 aliphatic carbocycles. The fourth-order valence-electron chi connectivity index (χ4n) is 5.31. The van der Waals surface area contributed by atoms with Gasteiger partial charge in [-0.1, -0.05) is 42.5 Å². The summed E-state index contributed by atoms with van der Waals surface area (Å²) in [7, 11) is 1.32. The van der Waals surface area contributed by atoms with Crippen molar-refractivity contribution in [3.8, 4) is 5.75 Å². The van der Waals surface area contributed by atoms with Gasteiger partial charge in [0, 0.05) is 25.1 Å². The molecule has 0 radical (unpaired) electrons. The molecule has 1 aromatic heterocycles. The van der Waals surface area contributed by atoms with Crippen molar-refractivity contribution < 1.29 is 27.8 Å². The van der Waals surface area contributed by atoms with Crippen LogP contribution in [-0.2, 0) is 9.53 Å². The number of methoxy groups -OCH3 is 1. The van der Waals surface area contributed by atoms with Gasteiger partial charge in [-0.25, -0.2) is 18.3 Å². The van der Waals surface area contributed by atoms with Gasteiger partial charge in [0.15, 0.2) is 22.9 Å². The fourth-order valence-corrected chi connectivity index (χ4v) is 5.31. The summed E-state index contributed by atoms with van der Waals surface area (Å²) in [6.45, 7) is 3.34. The van der Waals surface area contributed by atoms with Gasteiger partial charge in [-0.2, -0.15) is 5.10 Å². The average molecular weight is 524 g/mol. The molecular weight excluding hydrogens is 496 g/mol. The van der Waals surface area contributed by atoms with Crippen LogP contribution < -0.4 is 10.2 Å². The number of benzene rings is 2. The van der Waals surface area contributed by atoms with Crippen molar-refractivity contribution in [1.29, 1.82) is 0 Å². The fraction of sp³-hybridized carbons (Fsp3) is 0.357. The molecular formula is C28H27F2N3O5. The Hall–Kier alpha value is -3.92. The molecule has 0 bridgehead atoms. The van der Waals surface area contributed by atoms with E-state index < -0.39 is 58.3 Å². The summed E-state index contributed by atoms with van der Waals surface area (Å²) in [6.07, 6.45) is 2.24. The lowest BCUT2D eigenvalue weighted by Gasteiger charge is -2.42. The number of nitrogens with zero attached hydrogens (tertiary/aromatic N) is 3. The molecule has 2 aliphatic rings. The van der Waals surface area contributed by atoms with Crippen LogP contribution in [0.4, 0.5) is 8.78 Å². The quantitative estimate of drug-likeness (QED) is 0.456. The molecule has 5 rings (SSSR count). The number of esters is 1. The molecule has 1 saturated heterocycles. The minimum Gasteiger partial charge on any atom is -0.418 e. The van der Waals surface area contributed by atoms with Crippen LogP contribution >= 0.6 is 0 Å². The zero-order chi connectivity index (χ0) is 27.2. The van der Waals surface area contributed by atoms with Crippen LogP contribution in [0.15, 0.2) is 59.5 Å². The molecule has 2 aromatic carbocycles. The van der Waals surface area contributed by atoms with Gasteiger partial charge in [-0.15, -0.1) is 0 Å². The van der Waals surface area contributed by atoms with E-state index in [1.807, 2.05) is 6.07 Å². The molecule has 2 aliphatic heterocycles. The molecule has 10 heteroatoms. The Labute approximate surface area is 217 Å². The predicted octanol–water partition coefficient (Wildman–Crippen LogP) is 3.84. The van der Waals surface area contributed by atoms with Crippen LogP contribution in [0.5, 0.6) is 5.75 Å². The van der Waals surface area contributed by atoms with Gasteiger partial charge in [0.1, 0.15) is 0 Å². The van der Waals surface area contributed by atoms with Crippen molar-refractivity contribution in [3.63, 3.8) is 0 Å². The molecule has 198 valence electrons.